The number of nitrogens with one attached hydrogen (secondary N) is 1. The monoisotopic (exact) mass is 381 g/mol. The molecular weight excluding hydrogens is 354 g/mol. The number of nitrogens with two attached hydrogens (primary N) is 1. The highest BCUT2D eigenvalue weighted by molar-refractivity contribution is 7.16. The van der Waals surface area contributed by atoms with Gasteiger partial charge < -0.3 is 15.8 Å². The van der Waals surface area contributed by atoms with Crippen molar-refractivity contribution in [2.24, 2.45) is 11.7 Å². The van der Waals surface area contributed by atoms with Crippen LogP contribution in [0.3, 0.4) is 0 Å². The predicted octanol–water partition coefficient (Wildman–Crippen LogP) is 2.18. The molecule has 1 fully saturated rings. The number of primary amides is 1. The van der Waals surface area contributed by atoms with Gasteiger partial charge in [-0.25, -0.2) is 4.79 Å². The number of anilines is 1. The van der Waals surface area contributed by atoms with Crippen LogP contribution in [0.2, 0.25) is 0 Å². The maximum atomic E-state index is 12.4. The van der Waals surface area contributed by atoms with E-state index < -0.39 is 5.97 Å². The van der Waals surface area contributed by atoms with E-state index in [-0.39, 0.29) is 36.8 Å². The van der Waals surface area contributed by atoms with E-state index in [2.05, 4.69) is 5.32 Å². The van der Waals surface area contributed by atoms with Gasteiger partial charge in [0.2, 0.25) is 11.8 Å². The summed E-state index contributed by atoms with van der Waals surface area (Å²) in [7, 11) is 0. The maximum Gasteiger partial charge on any atom is 0.341 e. The van der Waals surface area contributed by atoms with Gasteiger partial charge in [-0.2, -0.15) is 0 Å². The summed E-state index contributed by atoms with van der Waals surface area (Å²) in [5.74, 6) is -0.714. The molecule has 1 aliphatic rings. The second-order valence-electron chi connectivity index (χ2n) is 6.77. The Labute approximate surface area is 157 Å². The highest BCUT2D eigenvalue weighted by Gasteiger charge is 2.25. The van der Waals surface area contributed by atoms with Crippen LogP contribution in [-0.4, -0.2) is 48.9 Å². The summed E-state index contributed by atoms with van der Waals surface area (Å²) in [6.07, 6.45) is 1.35. The molecule has 0 aromatic carbocycles. The number of thiophene rings is 1. The molecule has 26 heavy (non-hydrogen) atoms. The minimum absolute atomic E-state index is 0.101. The molecule has 0 radical (unpaired) electrons. The third kappa shape index (κ3) is 5.28. The summed E-state index contributed by atoms with van der Waals surface area (Å²) in [4.78, 5) is 38.8. The van der Waals surface area contributed by atoms with Crippen molar-refractivity contribution in [1.82, 2.24) is 4.90 Å². The zero-order valence-corrected chi connectivity index (χ0v) is 16.4. The van der Waals surface area contributed by atoms with Gasteiger partial charge in [-0.3, -0.25) is 14.5 Å². The molecule has 0 bridgehead atoms. The van der Waals surface area contributed by atoms with Crippen LogP contribution in [0.15, 0.2) is 6.07 Å². The van der Waals surface area contributed by atoms with E-state index in [0.717, 1.165) is 4.88 Å². The van der Waals surface area contributed by atoms with Crippen LogP contribution >= 0.6 is 11.3 Å². The molecule has 1 aromatic heterocycles. The van der Waals surface area contributed by atoms with Crippen molar-refractivity contribution in [3.05, 3.63) is 16.5 Å². The Morgan fingerprint density at radius 1 is 1.35 bits per heavy atom. The Morgan fingerprint density at radius 2 is 2.00 bits per heavy atom. The number of piperidine rings is 1. The number of carbonyl (C=O) groups is 3. The highest BCUT2D eigenvalue weighted by Crippen LogP contribution is 2.33. The molecular formula is C18H27N3O4S. The maximum absolute atomic E-state index is 12.4. The molecule has 7 nitrogen and oxygen atoms in total. The van der Waals surface area contributed by atoms with Crippen molar-refractivity contribution in [3.63, 3.8) is 0 Å². The number of ether oxygens (including phenoxy) is 1. The van der Waals surface area contributed by atoms with E-state index in [4.69, 9.17) is 10.5 Å². The number of amides is 2. The van der Waals surface area contributed by atoms with Crippen molar-refractivity contribution in [1.29, 1.82) is 0 Å². The first-order chi connectivity index (χ1) is 12.3. The molecule has 3 N–H and O–H groups in total. The van der Waals surface area contributed by atoms with E-state index >= 15 is 0 Å². The first kappa shape index (κ1) is 20.4. The number of rotatable bonds is 7. The van der Waals surface area contributed by atoms with Crippen molar-refractivity contribution >= 4 is 34.1 Å². The van der Waals surface area contributed by atoms with Crippen LogP contribution in [0.25, 0.3) is 0 Å². The predicted molar refractivity (Wildman–Crippen MR) is 101 cm³/mol. The number of hydrogen-bond acceptors (Lipinski definition) is 6. The number of likely N-dealkylation sites (tertiary alicyclic amines) is 1. The van der Waals surface area contributed by atoms with E-state index in [1.165, 1.54) is 11.3 Å². The molecule has 0 unspecified atom stereocenters. The smallest absolute Gasteiger partial charge is 0.341 e. The summed E-state index contributed by atoms with van der Waals surface area (Å²) in [6.45, 7) is 7.66. The summed E-state index contributed by atoms with van der Waals surface area (Å²) in [6, 6.07) is 1.79. The van der Waals surface area contributed by atoms with Crippen molar-refractivity contribution in [3.8, 4) is 0 Å². The molecule has 0 atom stereocenters. The number of esters is 1. The Balaban J connectivity index is 1.99. The van der Waals surface area contributed by atoms with E-state index in [9.17, 15) is 14.4 Å². The molecule has 1 saturated heterocycles. The number of hydrogen-bond donors (Lipinski definition) is 2. The van der Waals surface area contributed by atoms with Crippen molar-refractivity contribution in [2.75, 3.05) is 31.6 Å². The molecule has 0 spiro atoms. The third-order valence-corrected chi connectivity index (χ3v) is 5.78. The van der Waals surface area contributed by atoms with Gasteiger partial charge >= 0.3 is 5.97 Å². The number of nitrogens with zero attached hydrogens (tertiary/aromatic N) is 1. The van der Waals surface area contributed by atoms with Gasteiger partial charge in [0.1, 0.15) is 5.00 Å². The molecule has 2 amide bonds. The molecule has 2 heterocycles. The minimum atomic E-state index is -0.423. The molecule has 0 aliphatic carbocycles. The van der Waals surface area contributed by atoms with Gasteiger partial charge in [0, 0.05) is 10.8 Å². The van der Waals surface area contributed by atoms with Crippen LogP contribution in [0.5, 0.6) is 0 Å². The lowest BCUT2D eigenvalue weighted by molar-refractivity contribution is -0.123. The largest absolute Gasteiger partial charge is 0.462 e. The Bertz CT molecular complexity index is 663. The third-order valence-electron chi connectivity index (χ3n) is 4.43. The molecule has 0 saturated carbocycles. The zero-order chi connectivity index (χ0) is 19.3. The summed E-state index contributed by atoms with van der Waals surface area (Å²) < 4.78 is 5.09. The fourth-order valence-electron chi connectivity index (χ4n) is 2.89. The van der Waals surface area contributed by atoms with Gasteiger partial charge in [0.05, 0.1) is 18.7 Å². The average Bonchev–Trinajstić information content (AvgIpc) is 2.99. The van der Waals surface area contributed by atoms with Crippen LogP contribution in [0, 0.1) is 5.92 Å². The normalized spacial score (nSPS) is 15.8. The number of carbonyl (C=O) groups excluding carboxylic acids is 3. The molecule has 1 aliphatic heterocycles. The lowest BCUT2D eigenvalue weighted by Gasteiger charge is -2.29. The molecule has 144 valence electrons. The van der Waals surface area contributed by atoms with Gasteiger partial charge in [-0.15, -0.1) is 11.3 Å². The fourth-order valence-corrected chi connectivity index (χ4v) is 3.96. The summed E-state index contributed by atoms with van der Waals surface area (Å²) in [5, 5.41) is 3.38. The Hall–Kier alpha value is -1.93. The Morgan fingerprint density at radius 3 is 2.54 bits per heavy atom. The average molecular weight is 381 g/mol. The van der Waals surface area contributed by atoms with E-state index in [0.29, 0.717) is 36.5 Å². The summed E-state index contributed by atoms with van der Waals surface area (Å²) in [5.41, 5.74) is 5.74. The van der Waals surface area contributed by atoms with Crippen molar-refractivity contribution < 1.29 is 19.1 Å². The quantitative estimate of drug-likeness (QED) is 0.705. The second-order valence-corrected chi connectivity index (χ2v) is 7.85. The molecule has 8 heteroatoms. The van der Waals surface area contributed by atoms with Crippen LogP contribution in [-0.2, 0) is 14.3 Å². The second kappa shape index (κ2) is 9.14. The Kier molecular flexibility index (Phi) is 7.16. The SMILES string of the molecule is CCOC(=O)c1cc(C(C)C)sc1NC(=O)CN1CCC(C(N)=O)CC1. The topological polar surface area (TPSA) is 102 Å². The van der Waals surface area contributed by atoms with Crippen LogP contribution in [0.4, 0.5) is 5.00 Å². The molecule has 1 aromatic rings. The zero-order valence-electron chi connectivity index (χ0n) is 15.5. The minimum Gasteiger partial charge on any atom is -0.462 e. The summed E-state index contributed by atoms with van der Waals surface area (Å²) >= 11 is 1.40. The van der Waals surface area contributed by atoms with Crippen LogP contribution in [0.1, 0.15) is 54.8 Å². The first-order valence-corrected chi connectivity index (χ1v) is 9.75. The van der Waals surface area contributed by atoms with E-state index in [1.54, 1.807) is 13.0 Å². The van der Waals surface area contributed by atoms with E-state index in [1.807, 2.05) is 18.7 Å². The first-order valence-electron chi connectivity index (χ1n) is 8.94. The lowest BCUT2D eigenvalue weighted by atomic mass is 9.96. The lowest BCUT2D eigenvalue weighted by Crippen LogP contribution is -2.42. The highest BCUT2D eigenvalue weighted by atomic mass is 32.1. The van der Waals surface area contributed by atoms with Gasteiger partial charge in [0.15, 0.2) is 0 Å². The van der Waals surface area contributed by atoms with Gasteiger partial charge in [-0.05, 0) is 44.8 Å². The van der Waals surface area contributed by atoms with Crippen LogP contribution < -0.4 is 11.1 Å². The van der Waals surface area contributed by atoms with Crippen molar-refractivity contribution in [2.45, 2.75) is 39.5 Å². The fraction of sp³-hybridized carbons (Fsp3) is 0.611. The standard InChI is InChI=1S/C18H27N3O4S/c1-4-25-18(24)13-9-14(11(2)3)26-17(13)20-15(22)10-21-7-5-12(6-8-21)16(19)23/h9,11-12H,4-8,10H2,1-3H3,(H2,19,23)(H,20,22). The molecule has 2 rings (SSSR count). The van der Waals surface area contributed by atoms with Gasteiger partial charge in [0.25, 0.3) is 0 Å². The van der Waals surface area contributed by atoms with Gasteiger partial charge in [-0.1, -0.05) is 13.8 Å².